The molecule has 5 heteroatoms. The molecule has 0 heterocycles. The molecule has 0 saturated heterocycles. The van der Waals surface area contributed by atoms with Gasteiger partial charge in [-0.2, -0.15) is 0 Å². The van der Waals surface area contributed by atoms with E-state index in [1.54, 1.807) is 19.2 Å². The van der Waals surface area contributed by atoms with Crippen LogP contribution in [0.4, 0.5) is 0 Å². The van der Waals surface area contributed by atoms with Crippen molar-refractivity contribution in [3.05, 3.63) is 58.6 Å². The Labute approximate surface area is 132 Å². The Balaban J connectivity index is 1.82. The van der Waals surface area contributed by atoms with Gasteiger partial charge < -0.3 is 14.8 Å². The third-order valence-electron chi connectivity index (χ3n) is 2.81. The number of nitrogens with one attached hydrogen (secondary N) is 1. The van der Waals surface area contributed by atoms with E-state index < -0.39 is 0 Å². The van der Waals surface area contributed by atoms with Crippen LogP contribution in [0.15, 0.2) is 53.0 Å². The molecule has 0 saturated carbocycles. The monoisotopic (exact) mass is 349 g/mol. The van der Waals surface area contributed by atoms with Crippen molar-refractivity contribution in [2.24, 2.45) is 0 Å². The summed E-state index contributed by atoms with van der Waals surface area (Å²) in [6.45, 7) is 0.419. The molecular weight excluding hydrogens is 334 g/mol. The van der Waals surface area contributed by atoms with Crippen LogP contribution in [-0.2, 0) is 11.3 Å². The molecule has 0 atom stereocenters. The van der Waals surface area contributed by atoms with E-state index >= 15 is 0 Å². The largest absolute Gasteiger partial charge is 0.493 e. The zero-order valence-corrected chi connectivity index (χ0v) is 13.2. The first-order valence-corrected chi connectivity index (χ1v) is 7.25. The van der Waals surface area contributed by atoms with Crippen molar-refractivity contribution in [1.29, 1.82) is 0 Å². The first kappa shape index (κ1) is 15.4. The number of hydrogen-bond acceptors (Lipinski definition) is 3. The van der Waals surface area contributed by atoms with Gasteiger partial charge in [0.1, 0.15) is 0 Å². The lowest BCUT2D eigenvalue weighted by molar-refractivity contribution is -0.123. The number of halogens is 1. The van der Waals surface area contributed by atoms with Gasteiger partial charge in [0.15, 0.2) is 18.1 Å². The van der Waals surface area contributed by atoms with Gasteiger partial charge in [0.05, 0.1) is 7.11 Å². The Bertz CT molecular complexity index is 616. The van der Waals surface area contributed by atoms with Crippen LogP contribution in [0.3, 0.4) is 0 Å². The SMILES string of the molecule is COc1ccccc1OCC(=O)NCc1cccc(Br)c1. The molecule has 1 N–H and O–H groups in total. The van der Waals surface area contributed by atoms with Crippen molar-refractivity contribution in [1.82, 2.24) is 5.32 Å². The highest BCUT2D eigenvalue weighted by molar-refractivity contribution is 9.10. The van der Waals surface area contributed by atoms with E-state index in [0.717, 1.165) is 10.0 Å². The molecule has 0 spiro atoms. The van der Waals surface area contributed by atoms with Gasteiger partial charge in [-0.05, 0) is 29.8 Å². The number of benzene rings is 2. The molecule has 0 aliphatic heterocycles. The van der Waals surface area contributed by atoms with Crippen LogP contribution in [0.25, 0.3) is 0 Å². The molecule has 21 heavy (non-hydrogen) atoms. The van der Waals surface area contributed by atoms with E-state index in [1.807, 2.05) is 36.4 Å². The highest BCUT2D eigenvalue weighted by Gasteiger charge is 2.06. The average molecular weight is 350 g/mol. The van der Waals surface area contributed by atoms with Crippen LogP contribution < -0.4 is 14.8 Å². The van der Waals surface area contributed by atoms with E-state index in [9.17, 15) is 4.79 Å². The molecule has 0 bridgehead atoms. The van der Waals surface area contributed by atoms with Crippen LogP contribution in [0, 0.1) is 0 Å². The van der Waals surface area contributed by atoms with E-state index in [0.29, 0.717) is 18.0 Å². The number of carbonyl (C=O) groups excluding carboxylic acids is 1. The second kappa shape index (κ2) is 7.69. The average Bonchev–Trinajstić information content (AvgIpc) is 2.51. The number of methoxy groups -OCH3 is 1. The van der Waals surface area contributed by atoms with Gasteiger partial charge >= 0.3 is 0 Å². The zero-order valence-electron chi connectivity index (χ0n) is 11.6. The fourth-order valence-electron chi connectivity index (χ4n) is 1.78. The summed E-state index contributed by atoms with van der Waals surface area (Å²) < 4.78 is 11.6. The summed E-state index contributed by atoms with van der Waals surface area (Å²) in [5, 5.41) is 2.81. The van der Waals surface area contributed by atoms with Crippen LogP contribution in [0.1, 0.15) is 5.56 Å². The number of ether oxygens (including phenoxy) is 2. The van der Waals surface area contributed by atoms with E-state index in [2.05, 4.69) is 21.2 Å². The molecule has 2 aromatic carbocycles. The first-order valence-electron chi connectivity index (χ1n) is 6.46. The van der Waals surface area contributed by atoms with E-state index in [4.69, 9.17) is 9.47 Å². The van der Waals surface area contributed by atoms with Crippen molar-refractivity contribution < 1.29 is 14.3 Å². The zero-order chi connectivity index (χ0) is 15.1. The smallest absolute Gasteiger partial charge is 0.258 e. The summed E-state index contributed by atoms with van der Waals surface area (Å²) >= 11 is 3.40. The molecule has 0 radical (unpaired) electrons. The predicted octanol–water partition coefficient (Wildman–Crippen LogP) is 3.15. The fraction of sp³-hybridized carbons (Fsp3) is 0.188. The molecule has 110 valence electrons. The number of amides is 1. The minimum atomic E-state index is -0.180. The van der Waals surface area contributed by atoms with Gasteiger partial charge in [0.2, 0.25) is 0 Å². The third-order valence-corrected chi connectivity index (χ3v) is 3.30. The molecule has 4 nitrogen and oxygen atoms in total. The van der Waals surface area contributed by atoms with Crippen LogP contribution >= 0.6 is 15.9 Å². The Morgan fingerprint density at radius 1 is 1.14 bits per heavy atom. The lowest BCUT2D eigenvalue weighted by Gasteiger charge is -2.10. The van der Waals surface area contributed by atoms with Crippen LogP contribution in [0.2, 0.25) is 0 Å². The molecule has 1 amide bonds. The summed E-state index contributed by atoms with van der Waals surface area (Å²) in [4.78, 5) is 11.8. The van der Waals surface area contributed by atoms with Crippen LogP contribution in [0.5, 0.6) is 11.5 Å². The van der Waals surface area contributed by atoms with Crippen molar-refractivity contribution in [3.63, 3.8) is 0 Å². The Hall–Kier alpha value is -2.01. The summed E-state index contributed by atoms with van der Waals surface area (Å²) in [6.07, 6.45) is 0. The number of carbonyl (C=O) groups is 1. The number of rotatable bonds is 6. The Morgan fingerprint density at radius 3 is 2.62 bits per heavy atom. The molecule has 0 aliphatic rings. The maximum absolute atomic E-state index is 11.8. The van der Waals surface area contributed by atoms with Gasteiger partial charge in [-0.1, -0.05) is 40.2 Å². The second-order valence-electron chi connectivity index (χ2n) is 4.35. The van der Waals surface area contributed by atoms with E-state index in [1.165, 1.54) is 0 Å². The van der Waals surface area contributed by atoms with Gasteiger partial charge in [0.25, 0.3) is 5.91 Å². The normalized spacial score (nSPS) is 10.0. The molecule has 0 unspecified atom stereocenters. The van der Waals surface area contributed by atoms with Crippen molar-refractivity contribution in [2.75, 3.05) is 13.7 Å². The first-order chi connectivity index (χ1) is 10.2. The lowest BCUT2D eigenvalue weighted by atomic mass is 10.2. The molecule has 2 rings (SSSR count). The van der Waals surface area contributed by atoms with Gasteiger partial charge in [-0.15, -0.1) is 0 Å². The standard InChI is InChI=1S/C16H16BrNO3/c1-20-14-7-2-3-8-15(14)21-11-16(19)18-10-12-5-4-6-13(17)9-12/h2-9H,10-11H2,1H3,(H,18,19). The number of hydrogen-bond donors (Lipinski definition) is 1. The minimum Gasteiger partial charge on any atom is -0.493 e. The summed E-state index contributed by atoms with van der Waals surface area (Å²) in [7, 11) is 1.57. The maximum atomic E-state index is 11.8. The summed E-state index contributed by atoms with van der Waals surface area (Å²) in [6, 6.07) is 15.0. The van der Waals surface area contributed by atoms with Gasteiger partial charge in [-0.25, -0.2) is 0 Å². The van der Waals surface area contributed by atoms with E-state index in [-0.39, 0.29) is 12.5 Å². The third kappa shape index (κ3) is 4.79. The molecule has 0 fully saturated rings. The molecule has 2 aromatic rings. The maximum Gasteiger partial charge on any atom is 0.258 e. The summed E-state index contributed by atoms with van der Waals surface area (Å²) in [5.41, 5.74) is 1.02. The van der Waals surface area contributed by atoms with Crippen molar-refractivity contribution in [2.45, 2.75) is 6.54 Å². The molecule has 0 aliphatic carbocycles. The fourth-order valence-corrected chi connectivity index (χ4v) is 2.23. The Kier molecular flexibility index (Phi) is 5.63. The number of para-hydroxylation sites is 2. The molecule has 0 aromatic heterocycles. The topological polar surface area (TPSA) is 47.6 Å². The highest BCUT2D eigenvalue weighted by atomic mass is 79.9. The second-order valence-corrected chi connectivity index (χ2v) is 5.26. The van der Waals surface area contributed by atoms with Crippen LogP contribution in [-0.4, -0.2) is 19.6 Å². The molecular formula is C16H16BrNO3. The van der Waals surface area contributed by atoms with Gasteiger partial charge in [0, 0.05) is 11.0 Å². The summed E-state index contributed by atoms with van der Waals surface area (Å²) in [5.74, 6) is 0.982. The van der Waals surface area contributed by atoms with Crippen molar-refractivity contribution >= 4 is 21.8 Å². The lowest BCUT2D eigenvalue weighted by Crippen LogP contribution is -2.28. The van der Waals surface area contributed by atoms with Crippen molar-refractivity contribution in [3.8, 4) is 11.5 Å². The highest BCUT2D eigenvalue weighted by Crippen LogP contribution is 2.25. The predicted molar refractivity (Wildman–Crippen MR) is 84.5 cm³/mol. The minimum absolute atomic E-state index is 0.0472. The Morgan fingerprint density at radius 2 is 1.90 bits per heavy atom. The van der Waals surface area contributed by atoms with Gasteiger partial charge in [-0.3, -0.25) is 4.79 Å². The quantitative estimate of drug-likeness (QED) is 0.871.